The molecule has 7 nitrogen and oxygen atoms in total. The van der Waals surface area contributed by atoms with Gasteiger partial charge in [-0.2, -0.15) is 0 Å². The number of carbonyl (C=O) groups excluding carboxylic acids is 1. The monoisotopic (exact) mass is 503 g/mol. The maximum Gasteiger partial charge on any atom is 0.258 e. The highest BCUT2D eigenvalue weighted by molar-refractivity contribution is 6.31. The molecule has 4 aromatic rings. The molecule has 2 aromatic heterocycles. The predicted octanol–water partition coefficient (Wildman–Crippen LogP) is 5.77. The van der Waals surface area contributed by atoms with Crippen LogP contribution in [0.3, 0.4) is 0 Å². The maximum atomic E-state index is 14.8. The molecule has 35 heavy (non-hydrogen) atoms. The van der Waals surface area contributed by atoms with Gasteiger partial charge in [-0.05, 0) is 12.1 Å². The largest absolute Gasteiger partial charge is 0.488 e. The topological polar surface area (TPSA) is 82.6 Å². The van der Waals surface area contributed by atoms with Crippen LogP contribution in [0.2, 0.25) is 5.15 Å². The van der Waals surface area contributed by atoms with Crippen LogP contribution in [0, 0.1) is 17.5 Å². The number of halogens is 4. The highest BCUT2D eigenvalue weighted by atomic mass is 35.5. The Morgan fingerprint density at radius 3 is 2.46 bits per heavy atom. The Hall–Kier alpha value is -3.89. The Morgan fingerprint density at radius 1 is 1.00 bits per heavy atom. The van der Waals surface area contributed by atoms with Crippen LogP contribution in [-0.2, 0) is 4.74 Å². The first-order valence-corrected chi connectivity index (χ1v) is 10.5. The number of methoxy groups -OCH3 is 1. The van der Waals surface area contributed by atoms with E-state index in [4.69, 9.17) is 25.8 Å². The fraction of sp³-hybridized carbons (Fsp3) is 0.125. The second-order valence-corrected chi connectivity index (χ2v) is 7.46. The molecule has 2 aromatic carbocycles. The van der Waals surface area contributed by atoms with Crippen LogP contribution >= 0.6 is 11.6 Å². The second-order valence-electron chi connectivity index (χ2n) is 7.10. The fourth-order valence-electron chi connectivity index (χ4n) is 3.11. The zero-order valence-corrected chi connectivity index (χ0v) is 18.9. The molecule has 0 fully saturated rings. The molecule has 11 heteroatoms. The Bertz CT molecular complexity index is 1380. The van der Waals surface area contributed by atoms with E-state index in [-0.39, 0.29) is 40.0 Å². The van der Waals surface area contributed by atoms with Gasteiger partial charge < -0.3 is 19.5 Å². The van der Waals surface area contributed by atoms with Crippen molar-refractivity contribution in [2.75, 3.05) is 25.6 Å². The Kier molecular flexibility index (Phi) is 7.33. The average molecular weight is 504 g/mol. The number of benzene rings is 2. The van der Waals surface area contributed by atoms with Crippen molar-refractivity contribution in [3.8, 4) is 17.2 Å². The Morgan fingerprint density at radius 2 is 1.74 bits per heavy atom. The molecule has 0 spiro atoms. The molecular formula is C24H17ClF3N3O4. The highest BCUT2D eigenvalue weighted by Gasteiger charge is 2.19. The third kappa shape index (κ3) is 5.44. The van der Waals surface area contributed by atoms with Crippen LogP contribution in [0.1, 0.15) is 10.4 Å². The van der Waals surface area contributed by atoms with Gasteiger partial charge in [-0.3, -0.25) is 9.78 Å². The third-order valence-corrected chi connectivity index (χ3v) is 5.00. The van der Waals surface area contributed by atoms with Crippen molar-refractivity contribution in [2.45, 2.75) is 0 Å². The van der Waals surface area contributed by atoms with Crippen molar-refractivity contribution in [3.63, 3.8) is 0 Å². The van der Waals surface area contributed by atoms with Gasteiger partial charge >= 0.3 is 0 Å². The normalized spacial score (nSPS) is 10.9. The first kappa shape index (κ1) is 24.2. The number of hydrogen-bond acceptors (Lipinski definition) is 6. The van der Waals surface area contributed by atoms with Gasteiger partial charge in [0, 0.05) is 43.3 Å². The minimum absolute atomic E-state index is 0.00129. The number of nitrogens with one attached hydrogen (secondary N) is 1. The molecule has 0 unspecified atom stereocenters. The van der Waals surface area contributed by atoms with E-state index in [9.17, 15) is 18.0 Å². The van der Waals surface area contributed by atoms with Gasteiger partial charge in [-0.1, -0.05) is 23.7 Å². The zero-order chi connectivity index (χ0) is 24.9. The number of rotatable bonds is 8. The lowest BCUT2D eigenvalue weighted by Gasteiger charge is -2.13. The molecule has 180 valence electrons. The lowest BCUT2D eigenvalue weighted by Crippen LogP contribution is -2.14. The lowest BCUT2D eigenvalue weighted by molar-refractivity contribution is 0.102. The number of nitrogens with zero attached hydrogens (tertiary/aromatic N) is 2. The number of fused-ring (bicyclic) bond motifs is 1. The van der Waals surface area contributed by atoms with E-state index < -0.39 is 29.1 Å². The van der Waals surface area contributed by atoms with E-state index in [1.807, 2.05) is 0 Å². The van der Waals surface area contributed by atoms with E-state index in [1.165, 1.54) is 43.6 Å². The van der Waals surface area contributed by atoms with Crippen LogP contribution in [-0.4, -0.2) is 36.2 Å². The van der Waals surface area contributed by atoms with E-state index in [1.54, 1.807) is 0 Å². The van der Waals surface area contributed by atoms with Gasteiger partial charge in [-0.25, -0.2) is 18.2 Å². The predicted molar refractivity (Wildman–Crippen MR) is 123 cm³/mol. The molecule has 0 bridgehead atoms. The smallest absolute Gasteiger partial charge is 0.258 e. The molecule has 2 heterocycles. The van der Waals surface area contributed by atoms with Crippen molar-refractivity contribution in [3.05, 3.63) is 82.9 Å². The summed E-state index contributed by atoms with van der Waals surface area (Å²) in [6, 6.07) is 9.80. The van der Waals surface area contributed by atoms with Crippen LogP contribution in [0.25, 0.3) is 11.0 Å². The van der Waals surface area contributed by atoms with E-state index >= 15 is 0 Å². The first-order chi connectivity index (χ1) is 16.9. The lowest BCUT2D eigenvalue weighted by atomic mass is 10.2. The van der Waals surface area contributed by atoms with Crippen LogP contribution in [0.4, 0.5) is 18.9 Å². The van der Waals surface area contributed by atoms with Gasteiger partial charge in [0.1, 0.15) is 17.9 Å². The van der Waals surface area contributed by atoms with Crippen LogP contribution in [0.15, 0.2) is 54.7 Å². The minimum Gasteiger partial charge on any atom is -0.488 e. The average Bonchev–Trinajstić information content (AvgIpc) is 2.82. The first-order valence-electron chi connectivity index (χ1n) is 10.2. The number of ether oxygens (including phenoxy) is 3. The van der Waals surface area contributed by atoms with E-state index in [0.717, 1.165) is 18.2 Å². The Balaban J connectivity index is 1.59. The van der Waals surface area contributed by atoms with Crippen molar-refractivity contribution >= 4 is 34.2 Å². The van der Waals surface area contributed by atoms with Gasteiger partial charge in [0.15, 0.2) is 34.0 Å². The van der Waals surface area contributed by atoms with Crippen LogP contribution < -0.4 is 14.8 Å². The summed E-state index contributed by atoms with van der Waals surface area (Å²) in [6.45, 7) is 0.566. The number of hydrogen-bond donors (Lipinski definition) is 1. The molecule has 4 rings (SSSR count). The standard InChI is InChI=1S/C24H17ClF3N3O4/c1-33-8-9-34-20-12-18-21(31-23(20)25)19(6-7-29-18)35-22-16(27)10-13(11-17(22)28)30-24(32)14-4-2-3-5-15(14)26/h2-7,10-12H,8-9H2,1H3,(H,30,32). The molecule has 1 amide bonds. The molecule has 0 radical (unpaired) electrons. The highest BCUT2D eigenvalue weighted by Crippen LogP contribution is 2.35. The van der Waals surface area contributed by atoms with E-state index in [2.05, 4.69) is 15.3 Å². The summed E-state index contributed by atoms with van der Waals surface area (Å²) in [5.41, 5.74) is -0.0362. The number of pyridine rings is 2. The van der Waals surface area contributed by atoms with Gasteiger partial charge in [-0.15, -0.1) is 0 Å². The summed E-state index contributed by atoms with van der Waals surface area (Å²) < 4.78 is 59.2. The minimum atomic E-state index is -1.11. The summed E-state index contributed by atoms with van der Waals surface area (Å²) in [4.78, 5) is 20.6. The molecule has 0 atom stereocenters. The molecule has 0 aliphatic carbocycles. The van der Waals surface area contributed by atoms with Gasteiger partial charge in [0.2, 0.25) is 0 Å². The number of carbonyl (C=O) groups is 1. The van der Waals surface area contributed by atoms with E-state index in [0.29, 0.717) is 12.1 Å². The molecule has 1 N–H and O–H groups in total. The van der Waals surface area contributed by atoms with Crippen molar-refractivity contribution in [1.82, 2.24) is 9.97 Å². The van der Waals surface area contributed by atoms with Gasteiger partial charge in [0.25, 0.3) is 5.91 Å². The number of amides is 1. The molecule has 0 aliphatic rings. The summed E-state index contributed by atoms with van der Waals surface area (Å²) in [7, 11) is 1.52. The number of anilines is 1. The fourth-order valence-corrected chi connectivity index (χ4v) is 3.30. The summed E-state index contributed by atoms with van der Waals surface area (Å²) in [5.74, 6) is -4.34. The summed E-state index contributed by atoms with van der Waals surface area (Å²) in [5, 5.41) is 2.26. The SMILES string of the molecule is COCCOc1cc2nccc(Oc3c(F)cc(NC(=O)c4ccccc4F)cc3F)c2nc1Cl. The molecule has 0 saturated heterocycles. The van der Waals surface area contributed by atoms with Gasteiger partial charge in [0.05, 0.1) is 17.7 Å². The van der Waals surface area contributed by atoms with Crippen LogP contribution in [0.5, 0.6) is 17.2 Å². The van der Waals surface area contributed by atoms with Crippen molar-refractivity contribution in [1.29, 1.82) is 0 Å². The van der Waals surface area contributed by atoms with Crippen molar-refractivity contribution in [2.24, 2.45) is 0 Å². The summed E-state index contributed by atoms with van der Waals surface area (Å²) in [6.07, 6.45) is 1.37. The second kappa shape index (κ2) is 10.6. The molecule has 0 saturated carbocycles. The quantitative estimate of drug-likeness (QED) is 0.243. The summed E-state index contributed by atoms with van der Waals surface area (Å²) >= 11 is 6.18. The third-order valence-electron chi connectivity index (χ3n) is 4.73. The zero-order valence-electron chi connectivity index (χ0n) is 18.1. The maximum absolute atomic E-state index is 14.8. The van der Waals surface area contributed by atoms with Crippen molar-refractivity contribution < 1.29 is 32.2 Å². The molecule has 0 aliphatic heterocycles. The Labute approximate surface area is 202 Å². The molecular weight excluding hydrogens is 487 g/mol. The number of aromatic nitrogens is 2.